The van der Waals surface area contributed by atoms with Crippen molar-refractivity contribution < 1.29 is 19.4 Å². The van der Waals surface area contributed by atoms with Gasteiger partial charge in [-0.15, -0.1) is 0 Å². The summed E-state index contributed by atoms with van der Waals surface area (Å²) in [6.07, 6.45) is 2.90. The largest absolute Gasteiger partial charge is 0.481 e. The van der Waals surface area contributed by atoms with Crippen LogP contribution in [0.2, 0.25) is 0 Å². The Balaban J connectivity index is 2.48. The number of esters is 1. The third-order valence-corrected chi connectivity index (χ3v) is 2.84. The highest BCUT2D eigenvalue weighted by Gasteiger charge is 2.35. The summed E-state index contributed by atoms with van der Waals surface area (Å²) < 4.78 is 5.13. The van der Waals surface area contributed by atoms with Crippen LogP contribution in [-0.4, -0.2) is 22.6 Å². The Hall–Kier alpha value is -1.06. The highest BCUT2D eigenvalue weighted by atomic mass is 16.6. The molecule has 1 aliphatic rings. The van der Waals surface area contributed by atoms with Crippen molar-refractivity contribution in [3.8, 4) is 0 Å². The first-order valence-corrected chi connectivity index (χ1v) is 5.74. The predicted molar refractivity (Wildman–Crippen MR) is 58.9 cm³/mol. The molecule has 0 saturated heterocycles. The summed E-state index contributed by atoms with van der Waals surface area (Å²) in [5.41, 5.74) is -0.542. The van der Waals surface area contributed by atoms with E-state index in [1.54, 1.807) is 20.8 Å². The fraction of sp³-hybridized carbons (Fsp3) is 0.833. The summed E-state index contributed by atoms with van der Waals surface area (Å²) in [5.74, 6) is -1.70. The van der Waals surface area contributed by atoms with Crippen LogP contribution in [0, 0.1) is 11.8 Å². The molecule has 16 heavy (non-hydrogen) atoms. The van der Waals surface area contributed by atoms with Gasteiger partial charge in [0.15, 0.2) is 0 Å². The summed E-state index contributed by atoms with van der Waals surface area (Å²) in [7, 11) is 0. The minimum absolute atomic E-state index is 0.00271. The van der Waals surface area contributed by atoms with Crippen molar-refractivity contribution in [1.29, 1.82) is 0 Å². The summed E-state index contributed by atoms with van der Waals surface area (Å²) in [5, 5.41) is 9.05. The third kappa shape index (κ3) is 3.83. The van der Waals surface area contributed by atoms with Crippen LogP contribution >= 0.6 is 0 Å². The smallest absolute Gasteiger partial charge is 0.307 e. The number of carbonyl (C=O) groups excluding carboxylic acids is 1. The number of ether oxygens (including phenoxy) is 1. The van der Waals surface area contributed by atoms with Gasteiger partial charge in [0.25, 0.3) is 0 Å². The molecule has 1 atom stereocenters. The van der Waals surface area contributed by atoms with Crippen molar-refractivity contribution in [2.75, 3.05) is 0 Å². The molecule has 0 aliphatic heterocycles. The number of carboxylic acid groups (broad SMARTS) is 1. The Morgan fingerprint density at radius 3 is 2.25 bits per heavy atom. The maximum Gasteiger partial charge on any atom is 0.307 e. The van der Waals surface area contributed by atoms with Crippen LogP contribution in [0.3, 0.4) is 0 Å². The lowest BCUT2D eigenvalue weighted by Crippen LogP contribution is -2.33. The Morgan fingerprint density at radius 1 is 1.38 bits per heavy atom. The van der Waals surface area contributed by atoms with Gasteiger partial charge in [0.05, 0.1) is 12.3 Å². The van der Waals surface area contributed by atoms with Crippen molar-refractivity contribution in [3.05, 3.63) is 0 Å². The van der Waals surface area contributed by atoms with Crippen molar-refractivity contribution in [3.63, 3.8) is 0 Å². The molecule has 1 N–H and O–H groups in total. The Bertz CT molecular complexity index is 273. The first-order chi connectivity index (χ1) is 7.29. The third-order valence-electron chi connectivity index (χ3n) is 2.84. The second-order valence-electron chi connectivity index (χ2n) is 5.43. The van der Waals surface area contributed by atoms with Crippen molar-refractivity contribution in [2.45, 2.75) is 52.1 Å². The maximum absolute atomic E-state index is 11.5. The average molecular weight is 228 g/mol. The number of carboxylic acids is 1. The molecule has 0 aromatic rings. The van der Waals surface area contributed by atoms with Gasteiger partial charge in [-0.1, -0.05) is 6.42 Å². The van der Waals surface area contributed by atoms with E-state index in [9.17, 15) is 9.59 Å². The van der Waals surface area contributed by atoms with Crippen molar-refractivity contribution in [2.24, 2.45) is 11.8 Å². The highest BCUT2D eigenvalue weighted by Crippen LogP contribution is 2.35. The molecule has 1 rings (SSSR count). The second-order valence-corrected chi connectivity index (χ2v) is 5.43. The van der Waals surface area contributed by atoms with Gasteiger partial charge < -0.3 is 9.84 Å². The average Bonchev–Trinajstić information content (AvgIpc) is 1.95. The zero-order chi connectivity index (χ0) is 12.3. The SMILES string of the molecule is CC(C)(C)OC(=O)CC(C(=O)O)C1CCC1. The van der Waals surface area contributed by atoms with E-state index in [4.69, 9.17) is 9.84 Å². The van der Waals surface area contributed by atoms with Crippen LogP contribution < -0.4 is 0 Å². The fourth-order valence-electron chi connectivity index (χ4n) is 1.86. The molecule has 1 saturated carbocycles. The van der Waals surface area contributed by atoms with Crippen LogP contribution in [0.4, 0.5) is 0 Å². The normalized spacial score (nSPS) is 18.7. The summed E-state index contributed by atoms with van der Waals surface area (Å²) in [6, 6.07) is 0. The monoisotopic (exact) mass is 228 g/mol. The van der Waals surface area contributed by atoms with Crippen molar-refractivity contribution in [1.82, 2.24) is 0 Å². The number of rotatable bonds is 4. The Morgan fingerprint density at radius 2 is 1.94 bits per heavy atom. The molecule has 1 aliphatic carbocycles. The van der Waals surface area contributed by atoms with Crippen LogP contribution in [0.15, 0.2) is 0 Å². The lowest BCUT2D eigenvalue weighted by molar-refractivity contribution is -0.161. The molecular weight excluding hydrogens is 208 g/mol. The number of aliphatic carboxylic acids is 1. The number of hydrogen-bond acceptors (Lipinski definition) is 3. The molecule has 4 heteroatoms. The first-order valence-electron chi connectivity index (χ1n) is 5.74. The van der Waals surface area contributed by atoms with E-state index >= 15 is 0 Å². The number of carbonyl (C=O) groups is 2. The summed E-state index contributed by atoms with van der Waals surface area (Å²) in [6.45, 7) is 5.35. The van der Waals surface area contributed by atoms with Gasteiger partial charge in [-0.25, -0.2) is 0 Å². The Labute approximate surface area is 96.0 Å². The summed E-state index contributed by atoms with van der Waals surface area (Å²) in [4.78, 5) is 22.6. The second kappa shape index (κ2) is 4.85. The van der Waals surface area contributed by atoms with Gasteiger partial charge in [0.2, 0.25) is 0 Å². The Kier molecular flexibility index (Phi) is 3.94. The van der Waals surface area contributed by atoms with Gasteiger partial charge in [-0.3, -0.25) is 9.59 Å². The fourth-order valence-corrected chi connectivity index (χ4v) is 1.86. The van der Waals surface area contributed by atoms with Crippen LogP contribution in [0.1, 0.15) is 46.5 Å². The molecule has 1 unspecified atom stereocenters. The zero-order valence-electron chi connectivity index (χ0n) is 10.2. The molecular formula is C12H20O4. The van der Waals surface area contributed by atoms with Crippen LogP contribution in [-0.2, 0) is 14.3 Å². The van der Waals surface area contributed by atoms with E-state index in [-0.39, 0.29) is 12.3 Å². The van der Waals surface area contributed by atoms with Gasteiger partial charge in [-0.2, -0.15) is 0 Å². The lowest BCUT2D eigenvalue weighted by atomic mass is 9.74. The van der Waals surface area contributed by atoms with Gasteiger partial charge in [0.1, 0.15) is 5.60 Å². The van der Waals surface area contributed by atoms with E-state index in [0.717, 1.165) is 19.3 Å². The van der Waals surface area contributed by atoms with Gasteiger partial charge in [0, 0.05) is 0 Å². The van der Waals surface area contributed by atoms with Gasteiger partial charge in [-0.05, 0) is 39.5 Å². The predicted octanol–water partition coefficient (Wildman–Crippen LogP) is 2.22. The number of hydrogen-bond donors (Lipinski definition) is 1. The van der Waals surface area contributed by atoms with E-state index in [1.165, 1.54) is 0 Å². The van der Waals surface area contributed by atoms with E-state index < -0.39 is 23.5 Å². The standard InChI is InChI=1S/C12H20O4/c1-12(2,3)16-10(13)7-9(11(14)15)8-5-4-6-8/h8-9H,4-7H2,1-3H3,(H,14,15). The molecule has 0 radical (unpaired) electrons. The van der Waals surface area contributed by atoms with Gasteiger partial charge >= 0.3 is 11.9 Å². The van der Waals surface area contributed by atoms with E-state index in [2.05, 4.69) is 0 Å². The molecule has 0 heterocycles. The molecule has 92 valence electrons. The lowest BCUT2D eigenvalue weighted by Gasteiger charge is -2.31. The minimum atomic E-state index is -0.879. The highest BCUT2D eigenvalue weighted by molar-refractivity contribution is 5.79. The van der Waals surface area contributed by atoms with Crippen LogP contribution in [0.25, 0.3) is 0 Å². The van der Waals surface area contributed by atoms with E-state index in [1.807, 2.05) is 0 Å². The quantitative estimate of drug-likeness (QED) is 0.749. The van der Waals surface area contributed by atoms with E-state index in [0.29, 0.717) is 0 Å². The molecule has 0 aromatic carbocycles. The molecule has 0 amide bonds. The summed E-state index contributed by atoms with van der Waals surface area (Å²) >= 11 is 0. The molecule has 0 bridgehead atoms. The topological polar surface area (TPSA) is 63.6 Å². The van der Waals surface area contributed by atoms with Crippen molar-refractivity contribution >= 4 is 11.9 Å². The molecule has 1 fully saturated rings. The zero-order valence-corrected chi connectivity index (χ0v) is 10.2. The first kappa shape index (κ1) is 13.0. The molecule has 0 aromatic heterocycles. The maximum atomic E-state index is 11.5. The molecule has 4 nitrogen and oxygen atoms in total. The molecule has 0 spiro atoms. The minimum Gasteiger partial charge on any atom is -0.481 e. The van der Waals surface area contributed by atoms with Crippen LogP contribution in [0.5, 0.6) is 0 Å².